The molecule has 0 aliphatic heterocycles. The van der Waals surface area contributed by atoms with Gasteiger partial charge in [0.15, 0.2) is 11.0 Å². The number of hydrogen-bond donors (Lipinski definition) is 2. The summed E-state index contributed by atoms with van der Waals surface area (Å²) in [4.78, 5) is 25.9. The molecule has 0 bridgehead atoms. The van der Waals surface area contributed by atoms with E-state index < -0.39 is 6.23 Å². The molecule has 8 nitrogen and oxygen atoms in total. The summed E-state index contributed by atoms with van der Waals surface area (Å²) in [5, 5.41) is 2.69. The van der Waals surface area contributed by atoms with Crippen molar-refractivity contribution in [3.8, 4) is 22.8 Å². The summed E-state index contributed by atoms with van der Waals surface area (Å²) in [5.74, 6) is 0.918. The molecule has 0 fully saturated rings. The van der Waals surface area contributed by atoms with Gasteiger partial charge < -0.3 is 19.5 Å². The summed E-state index contributed by atoms with van der Waals surface area (Å²) < 4.78 is 17.9. The number of benzene rings is 1. The number of rotatable bonds is 7. The summed E-state index contributed by atoms with van der Waals surface area (Å²) in [6.45, 7) is 1.59. The lowest BCUT2D eigenvalue weighted by Gasteiger charge is -2.23. The molecule has 0 aliphatic carbocycles. The van der Waals surface area contributed by atoms with E-state index in [1.807, 2.05) is 0 Å². The van der Waals surface area contributed by atoms with Gasteiger partial charge >= 0.3 is 0 Å². The second kappa shape index (κ2) is 8.63. The van der Waals surface area contributed by atoms with Crippen molar-refractivity contribution in [3.05, 3.63) is 39.4 Å². The van der Waals surface area contributed by atoms with Gasteiger partial charge in [-0.1, -0.05) is 0 Å². The molecule has 0 saturated carbocycles. The van der Waals surface area contributed by atoms with Gasteiger partial charge in [0.1, 0.15) is 11.5 Å². The largest absolute Gasteiger partial charge is 0.497 e. The monoisotopic (exact) mass is 379 g/mol. The fourth-order valence-corrected chi connectivity index (χ4v) is 2.84. The molecule has 1 heterocycles. The summed E-state index contributed by atoms with van der Waals surface area (Å²) in [5.41, 5.74) is 0.777. The molecule has 1 aromatic heterocycles. The maximum absolute atomic E-state index is 12.0. The molecule has 2 rings (SSSR count). The minimum atomic E-state index is -0.620. The first-order valence-electron chi connectivity index (χ1n) is 7.76. The Bertz CT molecular complexity index is 906. The van der Waals surface area contributed by atoms with Crippen molar-refractivity contribution in [3.63, 3.8) is 0 Å². The topological polar surface area (TPSA) is 94.6 Å². The van der Waals surface area contributed by atoms with Crippen molar-refractivity contribution in [1.29, 1.82) is 0 Å². The first-order chi connectivity index (χ1) is 12.4. The van der Waals surface area contributed by atoms with E-state index in [2.05, 4.69) is 10.3 Å². The second-order valence-corrected chi connectivity index (χ2v) is 5.77. The Morgan fingerprint density at radius 2 is 2.00 bits per heavy atom. The standard InChI is InChI=1S/C17H21N3O5S/c1-10(21)18-9-16(25-4)20-13(8-15(22)19-17(20)26)12-6-5-11(23-2)7-14(12)24-3/h5-8,16H,9H2,1-4H3,(H,18,21)(H,19,22,26). The number of H-pyrrole nitrogens is 1. The maximum Gasteiger partial charge on any atom is 0.252 e. The number of amides is 1. The summed E-state index contributed by atoms with van der Waals surface area (Å²) in [6, 6.07) is 6.63. The molecule has 1 atom stereocenters. The maximum atomic E-state index is 12.0. The molecule has 0 saturated heterocycles. The molecule has 26 heavy (non-hydrogen) atoms. The lowest BCUT2D eigenvalue weighted by molar-refractivity contribution is -0.119. The Balaban J connectivity index is 2.67. The van der Waals surface area contributed by atoms with Gasteiger partial charge in [0, 0.05) is 31.7 Å². The number of ether oxygens (including phenoxy) is 3. The number of nitrogens with one attached hydrogen (secondary N) is 2. The van der Waals surface area contributed by atoms with E-state index in [1.54, 1.807) is 29.9 Å². The molecule has 2 N–H and O–H groups in total. The van der Waals surface area contributed by atoms with Gasteiger partial charge in [-0.05, 0) is 24.4 Å². The number of nitrogens with zero attached hydrogens (tertiary/aromatic N) is 1. The van der Waals surface area contributed by atoms with Crippen LogP contribution >= 0.6 is 12.2 Å². The minimum Gasteiger partial charge on any atom is -0.497 e. The Kier molecular flexibility index (Phi) is 6.53. The van der Waals surface area contributed by atoms with Crippen LogP contribution in [0.2, 0.25) is 0 Å². The van der Waals surface area contributed by atoms with Crippen molar-refractivity contribution < 1.29 is 19.0 Å². The molecule has 1 amide bonds. The van der Waals surface area contributed by atoms with Crippen molar-refractivity contribution in [2.24, 2.45) is 0 Å². The number of aromatic nitrogens is 2. The predicted octanol–water partition coefficient (Wildman–Crippen LogP) is 1.87. The predicted molar refractivity (Wildman–Crippen MR) is 99.2 cm³/mol. The van der Waals surface area contributed by atoms with Crippen LogP contribution in [0.1, 0.15) is 13.2 Å². The van der Waals surface area contributed by atoms with Gasteiger partial charge in [-0.25, -0.2) is 0 Å². The van der Waals surface area contributed by atoms with Gasteiger partial charge in [0.25, 0.3) is 5.56 Å². The molecule has 0 radical (unpaired) electrons. The van der Waals surface area contributed by atoms with Gasteiger partial charge in [-0.3, -0.25) is 19.1 Å². The van der Waals surface area contributed by atoms with Crippen LogP contribution in [0.15, 0.2) is 29.1 Å². The van der Waals surface area contributed by atoms with Crippen LogP contribution in [0.25, 0.3) is 11.3 Å². The zero-order valence-electron chi connectivity index (χ0n) is 15.0. The van der Waals surface area contributed by atoms with E-state index in [-0.39, 0.29) is 22.8 Å². The van der Waals surface area contributed by atoms with Gasteiger partial charge in [-0.15, -0.1) is 0 Å². The highest BCUT2D eigenvalue weighted by Gasteiger charge is 2.19. The lowest BCUT2D eigenvalue weighted by Crippen LogP contribution is -2.32. The van der Waals surface area contributed by atoms with Crippen LogP contribution in [0.3, 0.4) is 0 Å². The highest BCUT2D eigenvalue weighted by molar-refractivity contribution is 7.71. The molecular formula is C17H21N3O5S. The molecule has 2 aromatic rings. The van der Waals surface area contributed by atoms with Crippen LogP contribution in [0, 0.1) is 4.77 Å². The minimum absolute atomic E-state index is 0.169. The number of aromatic amines is 1. The molecular weight excluding hydrogens is 358 g/mol. The average molecular weight is 379 g/mol. The molecule has 140 valence electrons. The number of carbonyl (C=O) groups is 1. The number of carbonyl (C=O) groups excluding carboxylic acids is 1. The SMILES string of the molecule is COc1ccc(-c2cc(=O)[nH]c(=S)n2C(CNC(C)=O)OC)c(OC)c1. The number of hydrogen-bond acceptors (Lipinski definition) is 6. The van der Waals surface area contributed by atoms with E-state index >= 15 is 0 Å². The normalized spacial score (nSPS) is 11.7. The van der Waals surface area contributed by atoms with Gasteiger partial charge in [0.2, 0.25) is 5.91 Å². The number of methoxy groups -OCH3 is 3. The van der Waals surface area contributed by atoms with E-state index in [1.165, 1.54) is 27.2 Å². The Labute approximate surface area is 155 Å². The van der Waals surface area contributed by atoms with E-state index in [9.17, 15) is 9.59 Å². The van der Waals surface area contributed by atoms with Crippen molar-refractivity contribution >= 4 is 18.1 Å². The summed E-state index contributed by atoms with van der Waals surface area (Å²) >= 11 is 5.33. The Morgan fingerprint density at radius 1 is 1.27 bits per heavy atom. The second-order valence-electron chi connectivity index (χ2n) is 5.39. The van der Waals surface area contributed by atoms with Crippen LogP contribution in [-0.2, 0) is 9.53 Å². The van der Waals surface area contributed by atoms with Crippen molar-refractivity contribution in [2.75, 3.05) is 27.9 Å². The zero-order valence-corrected chi connectivity index (χ0v) is 15.8. The zero-order chi connectivity index (χ0) is 19.3. The van der Waals surface area contributed by atoms with Crippen molar-refractivity contribution in [2.45, 2.75) is 13.2 Å². The van der Waals surface area contributed by atoms with Crippen LogP contribution < -0.4 is 20.3 Å². The molecule has 1 aromatic carbocycles. The summed E-state index contributed by atoms with van der Waals surface area (Å²) in [7, 11) is 4.57. The van der Waals surface area contributed by atoms with E-state index in [0.717, 1.165) is 0 Å². The fourth-order valence-electron chi connectivity index (χ4n) is 2.52. The first-order valence-corrected chi connectivity index (χ1v) is 8.17. The van der Waals surface area contributed by atoms with Crippen LogP contribution in [0.4, 0.5) is 0 Å². The van der Waals surface area contributed by atoms with E-state index in [0.29, 0.717) is 22.8 Å². The van der Waals surface area contributed by atoms with Crippen molar-refractivity contribution in [1.82, 2.24) is 14.9 Å². The smallest absolute Gasteiger partial charge is 0.252 e. The fraction of sp³-hybridized carbons (Fsp3) is 0.353. The van der Waals surface area contributed by atoms with Crippen LogP contribution in [0.5, 0.6) is 11.5 Å². The lowest BCUT2D eigenvalue weighted by atomic mass is 10.1. The summed E-state index contributed by atoms with van der Waals surface area (Å²) in [6.07, 6.45) is -0.620. The third kappa shape index (κ3) is 4.30. The van der Waals surface area contributed by atoms with E-state index in [4.69, 9.17) is 26.4 Å². The highest BCUT2D eigenvalue weighted by Crippen LogP contribution is 2.33. The third-order valence-corrected chi connectivity index (χ3v) is 4.05. The Morgan fingerprint density at radius 3 is 2.58 bits per heavy atom. The quantitative estimate of drug-likeness (QED) is 0.713. The van der Waals surface area contributed by atoms with Gasteiger partial charge in [0.05, 0.1) is 26.5 Å². The molecule has 0 aliphatic rings. The molecule has 0 spiro atoms. The molecule has 1 unspecified atom stereocenters. The third-order valence-electron chi connectivity index (χ3n) is 3.75. The molecule has 9 heteroatoms. The van der Waals surface area contributed by atoms with Crippen LogP contribution in [-0.4, -0.2) is 43.3 Å². The Hall–Kier alpha value is -2.65. The average Bonchev–Trinajstić information content (AvgIpc) is 2.62. The highest BCUT2D eigenvalue weighted by atomic mass is 32.1. The van der Waals surface area contributed by atoms with Gasteiger partial charge in [-0.2, -0.15) is 0 Å². The first kappa shape index (κ1) is 19.7.